The maximum atomic E-state index is 12.0. The van der Waals surface area contributed by atoms with Gasteiger partial charge in [0, 0.05) is 17.2 Å². The Morgan fingerprint density at radius 3 is 2.52 bits per heavy atom. The van der Waals surface area contributed by atoms with Gasteiger partial charge in [-0.15, -0.1) is 0 Å². The zero-order valence-corrected chi connectivity index (χ0v) is 13.9. The number of sulfone groups is 1. The molecule has 1 aliphatic rings. The lowest BCUT2D eigenvalue weighted by Gasteiger charge is -2.13. The van der Waals surface area contributed by atoms with E-state index >= 15 is 0 Å². The van der Waals surface area contributed by atoms with E-state index in [1.807, 2.05) is 0 Å². The van der Waals surface area contributed by atoms with Crippen LogP contribution in [0.25, 0.3) is 22.4 Å². The number of H-pyrrole nitrogens is 1. The van der Waals surface area contributed by atoms with Gasteiger partial charge in [0.05, 0.1) is 4.75 Å². The molecule has 23 heavy (non-hydrogen) atoms. The lowest BCUT2D eigenvalue weighted by Crippen LogP contribution is -2.19. The van der Waals surface area contributed by atoms with Crippen LogP contribution in [0.3, 0.4) is 0 Å². The summed E-state index contributed by atoms with van der Waals surface area (Å²) >= 11 is 1.19. The predicted octanol–water partition coefficient (Wildman–Crippen LogP) is 2.08. The quantitative estimate of drug-likeness (QED) is 0.783. The van der Waals surface area contributed by atoms with Gasteiger partial charge < -0.3 is 4.98 Å². The minimum atomic E-state index is -3.13. The zero-order valence-electron chi connectivity index (χ0n) is 12.2. The summed E-state index contributed by atoms with van der Waals surface area (Å²) in [7, 11) is -3.13. The fraction of sp³-hybridized carbons (Fsp3) is 0.267. The molecule has 0 saturated heterocycles. The van der Waals surface area contributed by atoms with Gasteiger partial charge in [-0.1, -0.05) is 24.3 Å². The average Bonchev–Trinajstić information content (AvgIpc) is 3.20. The topological polar surface area (TPSA) is 92.8 Å². The van der Waals surface area contributed by atoms with Crippen molar-refractivity contribution in [1.29, 1.82) is 0 Å². The number of benzene rings is 1. The van der Waals surface area contributed by atoms with E-state index in [2.05, 4.69) is 14.3 Å². The van der Waals surface area contributed by atoms with Crippen LogP contribution in [0.15, 0.2) is 34.4 Å². The summed E-state index contributed by atoms with van der Waals surface area (Å²) < 4.78 is 27.2. The van der Waals surface area contributed by atoms with E-state index in [1.165, 1.54) is 17.8 Å². The van der Waals surface area contributed by atoms with Crippen molar-refractivity contribution >= 4 is 32.4 Å². The van der Waals surface area contributed by atoms with Gasteiger partial charge in [-0.2, -0.15) is 4.37 Å². The highest BCUT2D eigenvalue weighted by molar-refractivity contribution is 7.92. The average molecular weight is 347 g/mol. The van der Waals surface area contributed by atoms with Gasteiger partial charge in [0.25, 0.3) is 5.56 Å². The Hall–Kier alpha value is -2.06. The largest absolute Gasteiger partial charge is 0.305 e. The molecule has 0 spiro atoms. The Balaban J connectivity index is 1.77. The Bertz CT molecular complexity index is 1060. The van der Waals surface area contributed by atoms with Crippen molar-refractivity contribution in [2.45, 2.75) is 17.6 Å². The van der Waals surface area contributed by atoms with Crippen LogP contribution in [0.1, 0.15) is 18.4 Å². The van der Waals surface area contributed by atoms with Gasteiger partial charge in [-0.3, -0.25) is 4.79 Å². The molecule has 0 atom stereocenters. The molecular weight excluding hydrogens is 334 g/mol. The molecule has 1 aromatic carbocycles. The van der Waals surface area contributed by atoms with Gasteiger partial charge in [0.15, 0.2) is 15.4 Å². The summed E-state index contributed by atoms with van der Waals surface area (Å²) in [5.74, 6) is 0.457. The van der Waals surface area contributed by atoms with Crippen LogP contribution in [0, 0.1) is 0 Å². The first-order chi connectivity index (χ1) is 10.9. The molecule has 2 aromatic heterocycles. The number of fused-ring (bicyclic) bond motifs is 1. The molecule has 118 valence electrons. The van der Waals surface area contributed by atoms with Crippen LogP contribution in [-0.2, 0) is 14.6 Å². The summed E-state index contributed by atoms with van der Waals surface area (Å²) in [6.07, 6.45) is 2.60. The number of hydrogen-bond acceptors (Lipinski definition) is 6. The van der Waals surface area contributed by atoms with Gasteiger partial charge in [-0.25, -0.2) is 13.4 Å². The fourth-order valence-electron chi connectivity index (χ4n) is 2.84. The first-order valence-corrected chi connectivity index (χ1v) is 9.78. The van der Waals surface area contributed by atoms with Crippen molar-refractivity contribution in [2.24, 2.45) is 0 Å². The molecule has 0 radical (unpaired) electrons. The van der Waals surface area contributed by atoms with E-state index in [9.17, 15) is 13.2 Å². The van der Waals surface area contributed by atoms with E-state index in [0.29, 0.717) is 29.7 Å². The number of hydrogen-bond donors (Lipinski definition) is 1. The van der Waals surface area contributed by atoms with Crippen molar-refractivity contribution in [3.8, 4) is 11.4 Å². The molecule has 0 unspecified atom stereocenters. The molecule has 4 rings (SSSR count). The van der Waals surface area contributed by atoms with E-state index in [0.717, 1.165) is 11.1 Å². The normalized spacial score (nSPS) is 16.6. The number of nitrogens with one attached hydrogen (secondary N) is 1. The monoisotopic (exact) mass is 347 g/mol. The first-order valence-electron chi connectivity index (χ1n) is 7.06. The molecule has 0 aliphatic heterocycles. The minimum absolute atomic E-state index is 0.273. The third-order valence-electron chi connectivity index (χ3n) is 4.33. The lowest BCUT2D eigenvalue weighted by molar-refractivity contribution is 0.586. The Morgan fingerprint density at radius 1 is 1.22 bits per heavy atom. The van der Waals surface area contributed by atoms with E-state index in [4.69, 9.17) is 0 Å². The van der Waals surface area contributed by atoms with Crippen molar-refractivity contribution < 1.29 is 8.42 Å². The fourth-order valence-corrected chi connectivity index (χ4v) is 4.85. The van der Waals surface area contributed by atoms with Gasteiger partial charge in [0.2, 0.25) is 0 Å². The molecule has 1 aliphatic carbocycles. The first kappa shape index (κ1) is 14.5. The van der Waals surface area contributed by atoms with Crippen LogP contribution in [0.2, 0.25) is 0 Å². The van der Waals surface area contributed by atoms with E-state index < -0.39 is 14.6 Å². The molecule has 1 saturated carbocycles. The van der Waals surface area contributed by atoms with Crippen LogP contribution in [0.4, 0.5) is 0 Å². The summed E-state index contributed by atoms with van der Waals surface area (Å²) in [5.41, 5.74) is 2.16. The molecule has 6 nitrogen and oxygen atoms in total. The molecule has 0 amide bonds. The summed E-state index contributed by atoms with van der Waals surface area (Å²) in [6, 6.07) is 7.20. The van der Waals surface area contributed by atoms with E-state index in [-0.39, 0.29) is 5.56 Å². The number of rotatable bonds is 3. The third-order valence-corrected chi connectivity index (χ3v) is 7.01. The highest BCUT2D eigenvalue weighted by atomic mass is 32.2. The minimum Gasteiger partial charge on any atom is -0.305 e. The van der Waals surface area contributed by atoms with Crippen LogP contribution >= 0.6 is 11.5 Å². The number of nitrogens with zero attached hydrogens (tertiary/aromatic N) is 2. The molecule has 1 fully saturated rings. The zero-order chi connectivity index (χ0) is 16.2. The maximum Gasteiger partial charge on any atom is 0.278 e. The Kier molecular flexibility index (Phi) is 2.98. The number of aromatic nitrogens is 3. The molecular formula is C15H13N3O3S2. The maximum absolute atomic E-state index is 12.0. The third kappa shape index (κ3) is 2.21. The van der Waals surface area contributed by atoms with E-state index in [1.54, 1.807) is 29.6 Å². The molecule has 3 aromatic rings. The van der Waals surface area contributed by atoms with Crippen molar-refractivity contribution in [3.05, 3.63) is 45.6 Å². The second-order valence-electron chi connectivity index (χ2n) is 5.81. The molecule has 0 bridgehead atoms. The second-order valence-corrected chi connectivity index (χ2v) is 8.76. The highest BCUT2D eigenvalue weighted by Gasteiger charge is 2.53. The van der Waals surface area contributed by atoms with Gasteiger partial charge in [0.1, 0.15) is 11.3 Å². The summed E-state index contributed by atoms with van der Waals surface area (Å²) in [6.45, 7) is 0. The standard InChI is InChI=1S/C15H13N3O3S2/c1-23(20,21)15(6-7-15)10-4-2-9(3-5-10)13-16-11-8-22-18-12(11)14(19)17-13/h2-5,8H,6-7H2,1H3,(H,16,17,19). The Labute approximate surface area is 136 Å². The summed E-state index contributed by atoms with van der Waals surface area (Å²) in [5, 5.41) is 1.73. The molecule has 8 heteroatoms. The SMILES string of the molecule is CS(=O)(=O)C1(c2ccc(-c3nc4csnc4c(=O)[nH]3)cc2)CC1. The van der Waals surface area contributed by atoms with Crippen LogP contribution in [-0.4, -0.2) is 29.0 Å². The van der Waals surface area contributed by atoms with Gasteiger partial charge in [-0.05, 0) is 29.9 Å². The van der Waals surface area contributed by atoms with Crippen molar-refractivity contribution in [1.82, 2.24) is 14.3 Å². The Morgan fingerprint density at radius 2 is 1.91 bits per heavy atom. The molecule has 1 N–H and O–H groups in total. The lowest BCUT2D eigenvalue weighted by atomic mass is 10.1. The highest BCUT2D eigenvalue weighted by Crippen LogP contribution is 2.52. The van der Waals surface area contributed by atoms with Crippen LogP contribution < -0.4 is 5.56 Å². The summed E-state index contributed by atoms with van der Waals surface area (Å²) in [4.78, 5) is 19.1. The molecule has 2 heterocycles. The number of aromatic amines is 1. The van der Waals surface area contributed by atoms with Gasteiger partial charge >= 0.3 is 0 Å². The smallest absolute Gasteiger partial charge is 0.278 e. The van der Waals surface area contributed by atoms with Crippen molar-refractivity contribution in [3.63, 3.8) is 0 Å². The predicted molar refractivity (Wildman–Crippen MR) is 89.2 cm³/mol. The second kappa shape index (κ2) is 4.72. The van der Waals surface area contributed by atoms with Crippen LogP contribution in [0.5, 0.6) is 0 Å². The van der Waals surface area contributed by atoms with Crippen molar-refractivity contribution in [2.75, 3.05) is 6.26 Å².